The van der Waals surface area contributed by atoms with Gasteiger partial charge in [0.1, 0.15) is 5.75 Å². The van der Waals surface area contributed by atoms with Crippen LogP contribution in [0.1, 0.15) is 11.1 Å². The van der Waals surface area contributed by atoms with Crippen LogP contribution >= 0.6 is 0 Å². The van der Waals surface area contributed by atoms with E-state index in [1.54, 1.807) is 0 Å². The summed E-state index contributed by atoms with van der Waals surface area (Å²) in [5.74, 6) is -0.627. The maximum atomic E-state index is 13.1. The Labute approximate surface area is 126 Å². The largest absolute Gasteiger partial charge is 0.573 e. The molecule has 8 heteroatoms. The van der Waals surface area contributed by atoms with Gasteiger partial charge >= 0.3 is 12.5 Å². The standard InChI is InChI=1S/C15H10F6O2/c16-14(17,18)13-5-4-9(8-22)6-12(13)10-2-1-3-11(7-10)23-15(19,20)21/h1-7,22H,8H2. The second-order valence-electron chi connectivity index (χ2n) is 4.61. The lowest BCUT2D eigenvalue weighted by Crippen LogP contribution is -2.17. The zero-order chi connectivity index (χ0) is 17.3. The third-order valence-electron chi connectivity index (χ3n) is 2.95. The number of aliphatic hydroxyl groups excluding tert-OH is 1. The first-order valence-electron chi connectivity index (χ1n) is 6.27. The van der Waals surface area contributed by atoms with Gasteiger partial charge in [0.2, 0.25) is 0 Å². The molecular weight excluding hydrogens is 326 g/mol. The normalized spacial score (nSPS) is 12.3. The number of hydrogen-bond acceptors (Lipinski definition) is 2. The average Bonchev–Trinajstić information content (AvgIpc) is 2.44. The Morgan fingerprint density at radius 1 is 0.913 bits per heavy atom. The third-order valence-corrected chi connectivity index (χ3v) is 2.95. The topological polar surface area (TPSA) is 29.5 Å². The van der Waals surface area contributed by atoms with E-state index in [1.165, 1.54) is 6.07 Å². The van der Waals surface area contributed by atoms with Crippen molar-refractivity contribution in [2.24, 2.45) is 0 Å². The number of rotatable bonds is 3. The van der Waals surface area contributed by atoms with Crippen LogP contribution in [0.5, 0.6) is 5.75 Å². The van der Waals surface area contributed by atoms with Gasteiger partial charge in [0, 0.05) is 0 Å². The van der Waals surface area contributed by atoms with Crippen LogP contribution in [0.3, 0.4) is 0 Å². The summed E-state index contributed by atoms with van der Waals surface area (Å²) in [5.41, 5.74) is -1.25. The van der Waals surface area contributed by atoms with E-state index < -0.39 is 30.5 Å². The quantitative estimate of drug-likeness (QED) is 0.819. The number of benzene rings is 2. The van der Waals surface area contributed by atoms with Crippen LogP contribution in [0, 0.1) is 0 Å². The fraction of sp³-hybridized carbons (Fsp3) is 0.200. The monoisotopic (exact) mass is 336 g/mol. The maximum absolute atomic E-state index is 13.1. The van der Waals surface area contributed by atoms with E-state index in [1.807, 2.05) is 0 Å². The number of alkyl halides is 6. The van der Waals surface area contributed by atoms with Crippen molar-refractivity contribution in [2.45, 2.75) is 19.1 Å². The third kappa shape index (κ3) is 4.38. The van der Waals surface area contributed by atoms with Crippen molar-refractivity contribution in [1.82, 2.24) is 0 Å². The van der Waals surface area contributed by atoms with E-state index in [0.29, 0.717) is 0 Å². The van der Waals surface area contributed by atoms with Gasteiger partial charge in [-0.15, -0.1) is 13.2 Å². The minimum atomic E-state index is -4.95. The fourth-order valence-corrected chi connectivity index (χ4v) is 2.04. The van der Waals surface area contributed by atoms with E-state index in [2.05, 4.69) is 4.74 Å². The SMILES string of the molecule is OCc1ccc(C(F)(F)F)c(-c2cccc(OC(F)(F)F)c2)c1. The highest BCUT2D eigenvalue weighted by atomic mass is 19.4. The van der Waals surface area contributed by atoms with Gasteiger partial charge in [-0.1, -0.05) is 18.2 Å². The number of halogens is 6. The van der Waals surface area contributed by atoms with Gasteiger partial charge < -0.3 is 9.84 Å². The molecule has 2 rings (SSSR count). The van der Waals surface area contributed by atoms with Crippen LogP contribution in [0.15, 0.2) is 42.5 Å². The average molecular weight is 336 g/mol. The van der Waals surface area contributed by atoms with Gasteiger partial charge in [0.25, 0.3) is 0 Å². The summed E-state index contributed by atoms with van der Waals surface area (Å²) < 4.78 is 79.6. The first-order chi connectivity index (χ1) is 10.6. The Morgan fingerprint density at radius 3 is 2.17 bits per heavy atom. The van der Waals surface area contributed by atoms with E-state index in [9.17, 15) is 26.3 Å². The van der Waals surface area contributed by atoms with E-state index in [4.69, 9.17) is 5.11 Å². The Bertz CT molecular complexity index is 691. The molecule has 0 bridgehead atoms. The van der Waals surface area contributed by atoms with Crippen molar-refractivity contribution in [2.75, 3.05) is 0 Å². The predicted molar refractivity (Wildman–Crippen MR) is 69.5 cm³/mol. The molecule has 0 amide bonds. The lowest BCUT2D eigenvalue weighted by molar-refractivity contribution is -0.274. The number of ether oxygens (including phenoxy) is 1. The molecule has 2 aromatic rings. The van der Waals surface area contributed by atoms with Crippen LogP contribution in [-0.2, 0) is 12.8 Å². The van der Waals surface area contributed by atoms with Crippen molar-refractivity contribution >= 4 is 0 Å². The van der Waals surface area contributed by atoms with Gasteiger partial charge in [0.05, 0.1) is 12.2 Å². The lowest BCUT2D eigenvalue weighted by Gasteiger charge is -2.15. The number of hydrogen-bond donors (Lipinski definition) is 1. The summed E-state index contributed by atoms with van der Waals surface area (Å²) in [6.45, 7) is -0.496. The highest BCUT2D eigenvalue weighted by Gasteiger charge is 2.34. The molecule has 0 saturated carbocycles. The minimum absolute atomic E-state index is 0.102. The zero-order valence-electron chi connectivity index (χ0n) is 11.4. The molecule has 2 nitrogen and oxygen atoms in total. The van der Waals surface area contributed by atoms with Crippen molar-refractivity contribution in [1.29, 1.82) is 0 Å². The summed E-state index contributed by atoms with van der Waals surface area (Å²) in [4.78, 5) is 0. The lowest BCUT2D eigenvalue weighted by atomic mass is 9.97. The molecule has 0 saturated heterocycles. The van der Waals surface area contributed by atoms with Crippen LogP contribution in [-0.4, -0.2) is 11.5 Å². The van der Waals surface area contributed by atoms with Crippen molar-refractivity contribution in [3.63, 3.8) is 0 Å². The molecule has 0 fully saturated rings. The van der Waals surface area contributed by atoms with Gasteiger partial charge in [-0.2, -0.15) is 13.2 Å². The van der Waals surface area contributed by atoms with Crippen LogP contribution < -0.4 is 4.74 Å². The number of aliphatic hydroxyl groups is 1. The Hall–Kier alpha value is -2.22. The van der Waals surface area contributed by atoms with Crippen LogP contribution in [0.25, 0.3) is 11.1 Å². The van der Waals surface area contributed by atoms with Crippen molar-refractivity contribution in [3.8, 4) is 16.9 Å². The first-order valence-corrected chi connectivity index (χ1v) is 6.27. The molecule has 0 heterocycles. The van der Waals surface area contributed by atoms with Gasteiger partial charge in [-0.25, -0.2) is 0 Å². The molecule has 0 radical (unpaired) electrons. The molecule has 23 heavy (non-hydrogen) atoms. The molecule has 0 unspecified atom stereocenters. The highest BCUT2D eigenvalue weighted by Crippen LogP contribution is 2.38. The Balaban J connectivity index is 2.54. The molecule has 0 atom stereocenters. The summed E-state index contributed by atoms with van der Waals surface area (Å²) in [6, 6.07) is 7.19. The van der Waals surface area contributed by atoms with Gasteiger partial charge in [-0.3, -0.25) is 0 Å². The second-order valence-corrected chi connectivity index (χ2v) is 4.61. The molecule has 0 spiro atoms. The summed E-state index contributed by atoms with van der Waals surface area (Å²) in [7, 11) is 0. The smallest absolute Gasteiger partial charge is 0.406 e. The maximum Gasteiger partial charge on any atom is 0.573 e. The van der Waals surface area contributed by atoms with E-state index >= 15 is 0 Å². The summed E-state index contributed by atoms with van der Waals surface area (Å²) in [5, 5.41) is 9.06. The predicted octanol–water partition coefficient (Wildman–Crippen LogP) is 4.76. The molecular formula is C15H10F6O2. The van der Waals surface area contributed by atoms with Crippen LogP contribution in [0.2, 0.25) is 0 Å². The molecule has 2 aromatic carbocycles. The second kappa shape index (κ2) is 6.11. The Morgan fingerprint density at radius 2 is 1.61 bits per heavy atom. The van der Waals surface area contributed by atoms with Crippen LogP contribution in [0.4, 0.5) is 26.3 Å². The fourth-order valence-electron chi connectivity index (χ4n) is 2.04. The molecule has 0 aromatic heterocycles. The van der Waals surface area contributed by atoms with Crippen molar-refractivity contribution in [3.05, 3.63) is 53.6 Å². The van der Waals surface area contributed by atoms with Gasteiger partial charge in [0.15, 0.2) is 0 Å². The molecule has 0 aliphatic rings. The molecule has 124 valence electrons. The molecule has 0 aliphatic carbocycles. The zero-order valence-corrected chi connectivity index (χ0v) is 11.4. The highest BCUT2D eigenvalue weighted by molar-refractivity contribution is 5.70. The Kier molecular flexibility index (Phi) is 4.56. The molecule has 0 aliphatic heterocycles. The minimum Gasteiger partial charge on any atom is -0.406 e. The van der Waals surface area contributed by atoms with Gasteiger partial charge in [-0.05, 0) is 41.0 Å². The van der Waals surface area contributed by atoms with Crippen molar-refractivity contribution < 1.29 is 36.2 Å². The first kappa shape index (κ1) is 17.1. The molecule has 1 N–H and O–H groups in total. The van der Waals surface area contributed by atoms with E-state index in [-0.39, 0.29) is 16.7 Å². The summed E-state index contributed by atoms with van der Waals surface area (Å²) >= 11 is 0. The summed E-state index contributed by atoms with van der Waals surface area (Å²) in [6.07, 6.45) is -9.64. The van der Waals surface area contributed by atoms with E-state index in [0.717, 1.165) is 36.4 Å².